The largest absolute Gasteiger partial charge is 0.311 e. The van der Waals surface area contributed by atoms with Crippen LogP contribution in [0.1, 0.15) is 5.56 Å². The number of hydrogen-bond donors (Lipinski definition) is 2. The predicted molar refractivity (Wildman–Crippen MR) is 72.1 cm³/mol. The van der Waals surface area contributed by atoms with Gasteiger partial charge in [0.15, 0.2) is 0 Å². The molecule has 16 heavy (non-hydrogen) atoms. The maximum absolute atomic E-state index is 3.63. The van der Waals surface area contributed by atoms with Crippen molar-refractivity contribution in [1.29, 1.82) is 0 Å². The van der Waals surface area contributed by atoms with Crippen molar-refractivity contribution in [3.8, 4) is 0 Å². The summed E-state index contributed by atoms with van der Waals surface area (Å²) in [4.78, 5) is 0. The second kappa shape index (κ2) is 6.28. The Morgan fingerprint density at radius 2 is 1.81 bits per heavy atom. The van der Waals surface area contributed by atoms with Crippen LogP contribution < -0.4 is 10.6 Å². The Kier molecular flexibility index (Phi) is 4.69. The van der Waals surface area contributed by atoms with Crippen molar-refractivity contribution in [2.24, 2.45) is 0 Å². The van der Waals surface area contributed by atoms with Crippen molar-refractivity contribution in [3.63, 3.8) is 0 Å². The zero-order valence-electron chi connectivity index (χ0n) is 9.78. The van der Waals surface area contributed by atoms with Crippen molar-refractivity contribution < 1.29 is 0 Å². The first kappa shape index (κ1) is 12.0. The van der Waals surface area contributed by atoms with E-state index in [0.717, 1.165) is 19.5 Å². The lowest BCUT2D eigenvalue weighted by Gasteiger charge is -2.31. The highest BCUT2D eigenvalue weighted by atomic mass is 32.2. The molecule has 2 atom stereocenters. The molecular weight excluding hydrogens is 216 g/mol. The van der Waals surface area contributed by atoms with E-state index in [1.807, 2.05) is 11.8 Å². The molecule has 1 saturated heterocycles. The smallest absolute Gasteiger partial charge is 0.0283 e. The molecule has 2 nitrogen and oxygen atoms in total. The van der Waals surface area contributed by atoms with E-state index in [9.17, 15) is 0 Å². The number of benzene rings is 1. The second-order valence-corrected chi connectivity index (χ2v) is 5.27. The van der Waals surface area contributed by atoms with Crippen LogP contribution in [-0.4, -0.2) is 37.2 Å². The Labute approximate surface area is 102 Å². The number of rotatable bonds is 4. The maximum Gasteiger partial charge on any atom is 0.0283 e. The molecule has 0 aliphatic carbocycles. The molecule has 1 aromatic rings. The van der Waals surface area contributed by atoms with E-state index < -0.39 is 0 Å². The summed E-state index contributed by atoms with van der Waals surface area (Å²) in [5.41, 5.74) is 1.42. The lowest BCUT2D eigenvalue weighted by molar-refractivity contribution is 0.361. The number of nitrogens with one attached hydrogen (secondary N) is 2. The van der Waals surface area contributed by atoms with Gasteiger partial charge >= 0.3 is 0 Å². The second-order valence-electron chi connectivity index (χ2n) is 4.36. The molecule has 1 fully saturated rings. The summed E-state index contributed by atoms with van der Waals surface area (Å²) >= 11 is 1.91. The number of piperazine rings is 1. The Hall–Kier alpha value is -0.510. The third kappa shape index (κ3) is 3.51. The molecule has 0 radical (unpaired) electrons. The van der Waals surface area contributed by atoms with E-state index in [1.54, 1.807) is 0 Å². The predicted octanol–water partition coefficient (Wildman–Crippen LogP) is 1.52. The number of thioether (sulfide) groups is 1. The van der Waals surface area contributed by atoms with E-state index in [0.29, 0.717) is 12.1 Å². The van der Waals surface area contributed by atoms with Crippen LogP contribution in [0.25, 0.3) is 0 Å². The quantitative estimate of drug-likeness (QED) is 0.829. The fourth-order valence-electron chi connectivity index (χ4n) is 2.12. The minimum atomic E-state index is 0.584. The highest BCUT2D eigenvalue weighted by Gasteiger charge is 2.19. The van der Waals surface area contributed by atoms with Crippen LogP contribution in [0.4, 0.5) is 0 Å². The first-order chi connectivity index (χ1) is 7.88. The molecule has 1 heterocycles. The van der Waals surface area contributed by atoms with Gasteiger partial charge in [-0.1, -0.05) is 30.3 Å². The standard InChI is InChI=1S/C13H20N2S/c1-16-10-13-9-14-12(8-15-13)7-11-5-3-2-4-6-11/h2-6,12-15H,7-10H2,1H3. The first-order valence-corrected chi connectivity index (χ1v) is 7.27. The van der Waals surface area contributed by atoms with E-state index in [-0.39, 0.29) is 0 Å². The SMILES string of the molecule is CSCC1CNC(Cc2ccccc2)CN1. The average molecular weight is 236 g/mol. The summed E-state index contributed by atoms with van der Waals surface area (Å²) in [5, 5.41) is 7.23. The van der Waals surface area contributed by atoms with Crippen molar-refractivity contribution in [2.45, 2.75) is 18.5 Å². The Balaban J connectivity index is 1.77. The van der Waals surface area contributed by atoms with Crippen LogP contribution in [0.2, 0.25) is 0 Å². The Morgan fingerprint density at radius 1 is 1.12 bits per heavy atom. The van der Waals surface area contributed by atoms with Crippen molar-refractivity contribution in [2.75, 3.05) is 25.1 Å². The fourth-order valence-corrected chi connectivity index (χ4v) is 2.76. The van der Waals surface area contributed by atoms with Gasteiger partial charge in [-0.3, -0.25) is 0 Å². The van der Waals surface area contributed by atoms with E-state index in [1.165, 1.54) is 11.3 Å². The summed E-state index contributed by atoms with van der Waals surface area (Å²) in [6.45, 7) is 2.18. The molecule has 0 spiro atoms. The molecule has 2 N–H and O–H groups in total. The Bertz CT molecular complexity index is 294. The van der Waals surface area contributed by atoms with E-state index >= 15 is 0 Å². The third-order valence-corrected chi connectivity index (χ3v) is 3.73. The molecule has 0 aromatic heterocycles. The van der Waals surface area contributed by atoms with E-state index in [4.69, 9.17) is 0 Å². The molecule has 0 amide bonds. The molecule has 0 bridgehead atoms. The van der Waals surface area contributed by atoms with Gasteiger partial charge in [-0.05, 0) is 18.2 Å². The van der Waals surface area contributed by atoms with Crippen LogP contribution in [0, 0.1) is 0 Å². The molecule has 0 saturated carbocycles. The topological polar surface area (TPSA) is 24.1 Å². The van der Waals surface area contributed by atoms with Crippen LogP contribution in [0.5, 0.6) is 0 Å². The van der Waals surface area contributed by atoms with Crippen LogP contribution in [-0.2, 0) is 6.42 Å². The van der Waals surface area contributed by atoms with Gasteiger partial charge in [-0.15, -0.1) is 0 Å². The number of hydrogen-bond acceptors (Lipinski definition) is 3. The normalized spacial score (nSPS) is 25.6. The zero-order valence-corrected chi connectivity index (χ0v) is 10.6. The molecule has 2 unspecified atom stereocenters. The average Bonchev–Trinajstić information content (AvgIpc) is 2.33. The zero-order chi connectivity index (χ0) is 11.2. The summed E-state index contributed by atoms with van der Waals surface area (Å²) in [5.74, 6) is 1.20. The van der Waals surface area contributed by atoms with E-state index in [2.05, 4.69) is 47.2 Å². The minimum Gasteiger partial charge on any atom is -0.311 e. The monoisotopic (exact) mass is 236 g/mol. The van der Waals surface area contributed by atoms with Crippen LogP contribution >= 0.6 is 11.8 Å². The van der Waals surface area contributed by atoms with Crippen LogP contribution in [0.15, 0.2) is 30.3 Å². The highest BCUT2D eigenvalue weighted by molar-refractivity contribution is 7.98. The van der Waals surface area contributed by atoms with Gasteiger partial charge in [0.05, 0.1) is 0 Å². The third-order valence-electron chi connectivity index (χ3n) is 3.00. The lowest BCUT2D eigenvalue weighted by atomic mass is 10.0. The summed E-state index contributed by atoms with van der Waals surface area (Å²) < 4.78 is 0. The van der Waals surface area contributed by atoms with Gasteiger partial charge in [-0.2, -0.15) is 11.8 Å². The molecule has 1 aliphatic rings. The molecule has 2 rings (SSSR count). The van der Waals surface area contributed by atoms with Gasteiger partial charge in [0.25, 0.3) is 0 Å². The van der Waals surface area contributed by atoms with Gasteiger partial charge in [0.1, 0.15) is 0 Å². The van der Waals surface area contributed by atoms with Gasteiger partial charge < -0.3 is 10.6 Å². The molecule has 3 heteroatoms. The fraction of sp³-hybridized carbons (Fsp3) is 0.538. The summed E-state index contributed by atoms with van der Waals surface area (Å²) in [7, 11) is 0. The summed E-state index contributed by atoms with van der Waals surface area (Å²) in [6, 6.07) is 11.9. The molecular formula is C13H20N2S. The van der Waals surface area contributed by atoms with Gasteiger partial charge in [0.2, 0.25) is 0 Å². The van der Waals surface area contributed by atoms with Gasteiger partial charge in [0, 0.05) is 30.9 Å². The van der Waals surface area contributed by atoms with Gasteiger partial charge in [-0.25, -0.2) is 0 Å². The lowest BCUT2D eigenvalue weighted by Crippen LogP contribution is -2.55. The highest BCUT2D eigenvalue weighted by Crippen LogP contribution is 2.06. The minimum absolute atomic E-state index is 0.584. The first-order valence-electron chi connectivity index (χ1n) is 5.88. The van der Waals surface area contributed by atoms with Crippen molar-refractivity contribution >= 4 is 11.8 Å². The maximum atomic E-state index is 3.63. The van der Waals surface area contributed by atoms with Crippen LogP contribution in [0.3, 0.4) is 0 Å². The van der Waals surface area contributed by atoms with Crippen molar-refractivity contribution in [1.82, 2.24) is 10.6 Å². The molecule has 88 valence electrons. The summed E-state index contributed by atoms with van der Waals surface area (Å²) in [6.07, 6.45) is 3.29. The molecule has 1 aliphatic heterocycles. The van der Waals surface area contributed by atoms with Crippen molar-refractivity contribution in [3.05, 3.63) is 35.9 Å². The molecule has 1 aromatic carbocycles. The Morgan fingerprint density at radius 3 is 2.44 bits per heavy atom.